The molecule has 5 heteroatoms. The van der Waals surface area contributed by atoms with Crippen molar-refractivity contribution in [2.24, 2.45) is 5.41 Å². The maximum Gasteiger partial charge on any atom is 0.137 e. The number of anilines is 2. The fourth-order valence-corrected chi connectivity index (χ4v) is 9.65. The number of rotatable bonds is 9. The van der Waals surface area contributed by atoms with E-state index in [9.17, 15) is 0 Å². The van der Waals surface area contributed by atoms with Gasteiger partial charge in [0, 0.05) is 68.6 Å². The molecule has 0 saturated carbocycles. The van der Waals surface area contributed by atoms with Gasteiger partial charge in [0.25, 0.3) is 0 Å². The van der Waals surface area contributed by atoms with Crippen LogP contribution in [0.5, 0.6) is 11.5 Å². The molecule has 6 aromatic carbocycles. The molecule has 0 unspecified atom stereocenters. The zero-order valence-electron chi connectivity index (χ0n) is 42.0. The first-order valence-corrected chi connectivity index (χ1v) is 24.0. The van der Waals surface area contributed by atoms with Gasteiger partial charge in [-0.05, 0) is 105 Å². The molecular formula is C62H68N4O. The Kier molecular flexibility index (Phi) is 11.3. The minimum Gasteiger partial charge on any atom is -0.457 e. The Balaban J connectivity index is 1.12. The van der Waals surface area contributed by atoms with E-state index in [0.717, 1.165) is 39.4 Å². The minimum absolute atomic E-state index is 0.0358. The summed E-state index contributed by atoms with van der Waals surface area (Å²) in [6.07, 6.45) is 4.29. The van der Waals surface area contributed by atoms with Crippen LogP contribution in [0.25, 0.3) is 27.6 Å². The number of ether oxygens (including phenoxy) is 1. The van der Waals surface area contributed by atoms with Gasteiger partial charge in [0.15, 0.2) is 0 Å². The smallest absolute Gasteiger partial charge is 0.137 e. The number of allylic oxidation sites excluding steroid dienone is 1. The van der Waals surface area contributed by atoms with Gasteiger partial charge in [-0.2, -0.15) is 0 Å². The molecule has 3 heterocycles. The van der Waals surface area contributed by atoms with E-state index in [-0.39, 0.29) is 27.1 Å². The van der Waals surface area contributed by atoms with Crippen LogP contribution in [-0.4, -0.2) is 16.2 Å². The third kappa shape index (κ3) is 8.77. The highest BCUT2D eigenvalue weighted by Crippen LogP contribution is 2.44. The Hall–Kier alpha value is -6.59. The number of aromatic nitrogens is 2. The third-order valence-corrected chi connectivity index (χ3v) is 14.1. The molecule has 8 aromatic rings. The highest BCUT2D eigenvalue weighted by atomic mass is 16.5. The molecule has 5 nitrogen and oxygen atoms in total. The van der Waals surface area contributed by atoms with Crippen molar-refractivity contribution in [1.29, 1.82) is 0 Å². The summed E-state index contributed by atoms with van der Waals surface area (Å²) in [6, 6.07) is 55.4. The van der Waals surface area contributed by atoms with Crippen molar-refractivity contribution < 1.29 is 4.74 Å². The van der Waals surface area contributed by atoms with Crippen LogP contribution < -0.4 is 14.5 Å². The molecule has 0 N–H and O–H groups in total. The average Bonchev–Trinajstić information content (AvgIpc) is 3.90. The lowest BCUT2D eigenvalue weighted by Crippen LogP contribution is -2.31. The molecule has 0 bridgehead atoms. The summed E-state index contributed by atoms with van der Waals surface area (Å²) >= 11 is 0. The van der Waals surface area contributed by atoms with Crippen LogP contribution >= 0.6 is 0 Å². The molecule has 0 atom stereocenters. The molecule has 0 radical (unpaired) electrons. The van der Waals surface area contributed by atoms with Crippen molar-refractivity contribution >= 4 is 33.2 Å². The zero-order chi connectivity index (χ0) is 47.7. The summed E-state index contributed by atoms with van der Waals surface area (Å²) in [5.74, 6) is 2.48. The van der Waals surface area contributed by atoms with Gasteiger partial charge in [-0.15, -0.1) is 0 Å². The SMILES string of the molecule is CC(C)(C)C1=CN(c2cc(Oc3ccc4c5cc(C(C)(C)c6ccccc6)ccc5n(-c5cc(C(C)(C)C)ccn5)c4c3)cc(C(C)(C)C)c2)CN1c1cccc(C(C)(C)c2ccccc2)c1. The minimum atomic E-state index is -0.189. The van der Waals surface area contributed by atoms with Crippen LogP contribution in [0.1, 0.15) is 123 Å². The predicted molar refractivity (Wildman–Crippen MR) is 283 cm³/mol. The number of hydrogen-bond acceptors (Lipinski definition) is 4. The van der Waals surface area contributed by atoms with Gasteiger partial charge in [-0.3, -0.25) is 4.57 Å². The standard InChI is InChI=1S/C62H68N4O/c1-58(2,3)44-31-32-63-57(37-44)66-54-30-27-46(62(12,13)43-23-18-15-19-24-43)36-53(54)52-29-28-50(39-55(52)66)67-51-35-47(59(4,5)6)34-49(38-51)64-40-56(60(7,8)9)65(41-64)48-26-20-25-45(33-48)61(10,11)42-21-16-14-17-22-42/h14-40H,41H2,1-13H3. The highest BCUT2D eigenvalue weighted by molar-refractivity contribution is 6.10. The van der Waals surface area contributed by atoms with E-state index in [0.29, 0.717) is 6.67 Å². The van der Waals surface area contributed by atoms with Gasteiger partial charge in [-0.25, -0.2) is 4.98 Å². The summed E-state index contributed by atoms with van der Waals surface area (Å²) in [5, 5.41) is 2.35. The maximum absolute atomic E-state index is 7.03. The fourth-order valence-electron chi connectivity index (χ4n) is 9.65. The molecule has 0 aliphatic carbocycles. The van der Waals surface area contributed by atoms with Crippen LogP contribution in [-0.2, 0) is 21.7 Å². The fraction of sp³-hybridized carbons (Fsp3) is 0.306. The largest absolute Gasteiger partial charge is 0.457 e. The quantitative estimate of drug-likeness (QED) is 0.145. The molecule has 67 heavy (non-hydrogen) atoms. The maximum atomic E-state index is 7.03. The molecule has 0 fully saturated rings. The highest BCUT2D eigenvalue weighted by Gasteiger charge is 2.33. The second kappa shape index (κ2) is 16.6. The van der Waals surface area contributed by atoms with Gasteiger partial charge in [0.05, 0.1) is 17.7 Å². The predicted octanol–water partition coefficient (Wildman–Crippen LogP) is 16.4. The van der Waals surface area contributed by atoms with Gasteiger partial charge in [-0.1, -0.05) is 169 Å². The van der Waals surface area contributed by atoms with Crippen LogP contribution in [0.2, 0.25) is 0 Å². The van der Waals surface area contributed by atoms with Crippen molar-refractivity contribution in [3.8, 4) is 17.3 Å². The normalized spacial score (nSPS) is 14.0. The molecule has 0 amide bonds. The van der Waals surface area contributed by atoms with Gasteiger partial charge in [0.2, 0.25) is 0 Å². The van der Waals surface area contributed by atoms with Crippen molar-refractivity contribution in [3.05, 3.63) is 203 Å². The van der Waals surface area contributed by atoms with E-state index in [1.165, 1.54) is 50.2 Å². The number of fused-ring (bicyclic) bond motifs is 3. The summed E-state index contributed by atoms with van der Waals surface area (Å²) in [7, 11) is 0. The first-order valence-electron chi connectivity index (χ1n) is 24.0. The van der Waals surface area contributed by atoms with Crippen LogP contribution in [0.4, 0.5) is 11.4 Å². The molecule has 1 aliphatic heterocycles. The summed E-state index contributed by atoms with van der Waals surface area (Å²) < 4.78 is 9.35. The Bertz CT molecular complexity index is 3130. The van der Waals surface area contributed by atoms with E-state index in [4.69, 9.17) is 9.72 Å². The number of hydrogen-bond donors (Lipinski definition) is 0. The van der Waals surface area contributed by atoms with Crippen LogP contribution in [0.3, 0.4) is 0 Å². The zero-order valence-corrected chi connectivity index (χ0v) is 42.0. The van der Waals surface area contributed by atoms with Gasteiger partial charge < -0.3 is 14.5 Å². The van der Waals surface area contributed by atoms with E-state index in [1.54, 1.807) is 0 Å². The number of benzene rings is 6. The lowest BCUT2D eigenvalue weighted by atomic mass is 9.78. The van der Waals surface area contributed by atoms with Crippen molar-refractivity contribution in [3.63, 3.8) is 0 Å². The molecule has 1 aliphatic rings. The van der Waals surface area contributed by atoms with Gasteiger partial charge >= 0.3 is 0 Å². The Labute approximate surface area is 399 Å². The van der Waals surface area contributed by atoms with E-state index in [1.807, 2.05) is 6.20 Å². The van der Waals surface area contributed by atoms with Crippen molar-refractivity contribution in [1.82, 2.24) is 9.55 Å². The molecule has 9 rings (SSSR count). The Morgan fingerprint density at radius 3 is 1.67 bits per heavy atom. The molecular weight excluding hydrogens is 817 g/mol. The summed E-state index contributed by atoms with van der Waals surface area (Å²) in [6.45, 7) is 30.5. The number of nitrogens with zero attached hydrogens (tertiary/aromatic N) is 4. The van der Waals surface area contributed by atoms with E-state index in [2.05, 4.69) is 262 Å². The molecule has 0 spiro atoms. The Morgan fingerprint density at radius 2 is 1.04 bits per heavy atom. The summed E-state index contributed by atoms with van der Waals surface area (Å²) in [5.41, 5.74) is 12.7. The first-order chi connectivity index (χ1) is 31.6. The van der Waals surface area contributed by atoms with E-state index < -0.39 is 0 Å². The second-order valence-electron chi connectivity index (χ2n) is 22.8. The second-order valence-corrected chi connectivity index (χ2v) is 22.8. The lowest BCUT2D eigenvalue weighted by Gasteiger charge is -2.33. The summed E-state index contributed by atoms with van der Waals surface area (Å²) in [4.78, 5) is 9.88. The molecule has 2 aromatic heterocycles. The molecule has 342 valence electrons. The first kappa shape index (κ1) is 45.6. The average molecular weight is 885 g/mol. The third-order valence-electron chi connectivity index (χ3n) is 14.1. The van der Waals surface area contributed by atoms with Gasteiger partial charge in [0.1, 0.15) is 17.3 Å². The lowest BCUT2D eigenvalue weighted by molar-refractivity contribution is 0.479. The van der Waals surface area contributed by atoms with Crippen molar-refractivity contribution in [2.45, 2.75) is 112 Å². The molecule has 0 saturated heterocycles. The monoisotopic (exact) mass is 885 g/mol. The Morgan fingerprint density at radius 1 is 0.433 bits per heavy atom. The number of pyridine rings is 1. The van der Waals surface area contributed by atoms with Crippen LogP contribution in [0, 0.1) is 5.41 Å². The van der Waals surface area contributed by atoms with E-state index >= 15 is 0 Å². The van der Waals surface area contributed by atoms with Crippen LogP contribution in [0.15, 0.2) is 170 Å². The van der Waals surface area contributed by atoms with Crippen molar-refractivity contribution in [2.75, 3.05) is 16.5 Å². The topological polar surface area (TPSA) is 33.5 Å².